The second kappa shape index (κ2) is 20.7. The molecule has 0 amide bonds. The van der Waals surface area contributed by atoms with Crippen molar-refractivity contribution in [3.8, 4) is 0 Å². The fraction of sp³-hybridized carbons (Fsp3) is 1.00. The molecule has 0 saturated carbocycles. The van der Waals surface area contributed by atoms with Crippen LogP contribution < -0.4 is 0 Å². The van der Waals surface area contributed by atoms with Crippen LogP contribution in [-0.4, -0.2) is 24.6 Å². The Balaban J connectivity index is 3.99. The summed E-state index contributed by atoms with van der Waals surface area (Å²) in [5.74, 6) is 0. The van der Waals surface area contributed by atoms with Crippen LogP contribution in [0.3, 0.4) is 0 Å². The van der Waals surface area contributed by atoms with E-state index in [0.717, 1.165) is 0 Å². The second-order valence-corrected chi connectivity index (χ2v) is 24.0. The van der Waals surface area contributed by atoms with Crippen molar-refractivity contribution in [2.24, 2.45) is 0 Å². The van der Waals surface area contributed by atoms with Gasteiger partial charge < -0.3 is 0 Å². The summed E-state index contributed by atoms with van der Waals surface area (Å²) in [5.41, 5.74) is 0. The Hall–Kier alpha value is 1.16. The number of halogens is 1. The van der Waals surface area contributed by atoms with Gasteiger partial charge in [0, 0.05) is 0 Å². The van der Waals surface area contributed by atoms with Gasteiger partial charge in [-0.25, -0.2) is 0 Å². The molecule has 0 N–H and O–H groups in total. The van der Waals surface area contributed by atoms with Crippen LogP contribution in [0.5, 0.6) is 0 Å². The van der Waals surface area contributed by atoms with Crippen LogP contribution in [0.25, 0.3) is 0 Å². The van der Waals surface area contributed by atoms with E-state index in [1.807, 2.05) is 0 Å². The van der Waals surface area contributed by atoms with E-state index in [9.17, 15) is 0 Å². The topological polar surface area (TPSA) is 0 Å². The van der Waals surface area contributed by atoms with E-state index >= 15 is 0 Å². The van der Waals surface area contributed by atoms with E-state index in [-0.39, 0.29) is 0 Å². The molecule has 0 atom stereocenters. The molecule has 2 heteroatoms. The normalized spacial score (nSPS) is 13.4. The predicted molar refractivity (Wildman–Crippen MR) is 155 cm³/mol. The molecule has 184 valence electrons. The summed E-state index contributed by atoms with van der Waals surface area (Å²) in [5, 5.41) is 0. The van der Waals surface area contributed by atoms with Crippen molar-refractivity contribution in [1.82, 2.24) is 0 Å². The summed E-state index contributed by atoms with van der Waals surface area (Å²) >= 11 is 3.11. The molecule has 0 unspecified atom stereocenters. The van der Waals surface area contributed by atoms with Crippen LogP contribution >= 0.6 is 26.3 Å². The first-order valence-electron chi connectivity index (χ1n) is 14.3. The molecule has 0 nitrogen and oxygen atoms in total. The molecule has 0 rings (SSSR count). The molecule has 0 aromatic carbocycles. The van der Waals surface area contributed by atoms with E-state index in [1.54, 1.807) is 24.6 Å². The fourth-order valence-electron chi connectivity index (χ4n) is 5.03. The zero-order valence-electron chi connectivity index (χ0n) is 21.8. The zero-order valence-corrected chi connectivity index (χ0v) is 24.8. The van der Waals surface area contributed by atoms with E-state index in [0.29, 0.717) is 0 Å². The van der Waals surface area contributed by atoms with Gasteiger partial charge in [-0.05, 0) is 0 Å². The van der Waals surface area contributed by atoms with Gasteiger partial charge in [0.25, 0.3) is 0 Å². The molecule has 0 saturated heterocycles. The Morgan fingerprint density at radius 3 is 0.867 bits per heavy atom. The molecular weight excluding hydrogens is 494 g/mol. The molecule has 0 bridgehead atoms. The Morgan fingerprint density at radius 2 is 0.567 bits per heavy atom. The fourth-order valence-corrected chi connectivity index (χ4v) is 14.8. The van der Waals surface area contributed by atoms with Gasteiger partial charge in [0.15, 0.2) is 0 Å². The van der Waals surface area contributed by atoms with Gasteiger partial charge in [-0.1, -0.05) is 26.2 Å². The van der Waals surface area contributed by atoms with E-state index in [1.165, 1.54) is 128 Å². The van der Waals surface area contributed by atoms with E-state index in [4.69, 9.17) is 0 Å². The van der Waals surface area contributed by atoms with Gasteiger partial charge in [0.1, 0.15) is 0 Å². The van der Waals surface area contributed by atoms with Crippen LogP contribution in [0.1, 0.15) is 156 Å². The molecule has 0 aliphatic heterocycles. The third-order valence-electron chi connectivity index (χ3n) is 7.28. The van der Waals surface area contributed by atoms with Crippen LogP contribution in [0.4, 0.5) is 0 Å². The molecule has 0 aromatic heterocycles. The molecular formula is C28H60IP. The zero-order chi connectivity index (χ0) is 22.4. The van der Waals surface area contributed by atoms with Crippen molar-refractivity contribution in [1.29, 1.82) is 0 Å². The van der Waals surface area contributed by atoms with Crippen molar-refractivity contribution in [2.45, 2.75) is 156 Å². The van der Waals surface area contributed by atoms with E-state index < -0.39 is 4.25 Å². The average Bonchev–Trinajstić information content (AvgIpc) is 2.76. The second-order valence-electron chi connectivity index (χ2n) is 10.4. The first-order valence-corrected chi connectivity index (χ1v) is 20.0. The van der Waals surface area contributed by atoms with Gasteiger partial charge in [0.05, 0.1) is 0 Å². The van der Waals surface area contributed by atoms with Crippen molar-refractivity contribution in [3.05, 3.63) is 0 Å². The SMILES string of the molecule is CCCCCCCCCCCCCCCCP(I)(CCCC)(CCCC)CCCC. The van der Waals surface area contributed by atoms with Gasteiger partial charge in [-0.3, -0.25) is 0 Å². The first-order chi connectivity index (χ1) is 14.5. The first kappa shape index (κ1) is 31.2. The number of rotatable bonds is 24. The monoisotopic (exact) mass is 554 g/mol. The van der Waals surface area contributed by atoms with Crippen LogP contribution in [-0.2, 0) is 0 Å². The molecule has 0 spiro atoms. The van der Waals surface area contributed by atoms with Crippen LogP contribution in [0, 0.1) is 0 Å². The summed E-state index contributed by atoms with van der Waals surface area (Å²) in [7, 11) is 0. The van der Waals surface area contributed by atoms with Crippen molar-refractivity contribution in [3.63, 3.8) is 0 Å². The molecule has 0 fully saturated rings. The third kappa shape index (κ3) is 16.7. The van der Waals surface area contributed by atoms with Crippen molar-refractivity contribution in [2.75, 3.05) is 24.6 Å². The third-order valence-corrected chi connectivity index (χ3v) is 18.8. The van der Waals surface area contributed by atoms with Gasteiger partial charge in [-0.2, -0.15) is 0 Å². The number of hydrogen-bond acceptors (Lipinski definition) is 0. The Labute approximate surface area is 206 Å². The summed E-state index contributed by atoms with van der Waals surface area (Å²) in [6, 6.07) is 0. The summed E-state index contributed by atoms with van der Waals surface area (Å²) in [4.78, 5) is 0. The predicted octanol–water partition coefficient (Wildman–Crippen LogP) is 11.8. The minimum absolute atomic E-state index is 1.37. The summed E-state index contributed by atoms with van der Waals surface area (Å²) in [6.07, 6.45) is 35.7. The number of hydrogen-bond donors (Lipinski definition) is 0. The Bertz CT molecular complexity index is 330. The van der Waals surface area contributed by atoms with Crippen LogP contribution in [0.15, 0.2) is 0 Å². The van der Waals surface area contributed by atoms with Crippen molar-refractivity contribution < 1.29 is 0 Å². The average molecular weight is 555 g/mol. The van der Waals surface area contributed by atoms with E-state index in [2.05, 4.69) is 49.7 Å². The Kier molecular flexibility index (Phi) is 21.5. The molecule has 0 aliphatic carbocycles. The maximum atomic E-state index is 3.11. The van der Waals surface area contributed by atoms with Crippen LogP contribution in [0.2, 0.25) is 0 Å². The summed E-state index contributed by atoms with van der Waals surface area (Å²) in [6.45, 7) is 9.49. The van der Waals surface area contributed by atoms with Gasteiger partial charge in [0.2, 0.25) is 0 Å². The number of unbranched alkanes of at least 4 members (excludes halogenated alkanes) is 16. The molecule has 0 aliphatic rings. The molecule has 0 aromatic rings. The van der Waals surface area contributed by atoms with Gasteiger partial charge in [-0.15, -0.1) is 0 Å². The van der Waals surface area contributed by atoms with Crippen molar-refractivity contribution >= 4 is 26.3 Å². The standard InChI is InChI=1S/C28H60IP/c1-5-9-13-14-15-16-17-18-19-20-21-22-23-24-28-30(29,25-10-6-2,26-11-7-3)27-12-8-4/h5-28H2,1-4H3. The molecule has 30 heavy (non-hydrogen) atoms. The Morgan fingerprint density at radius 1 is 0.333 bits per heavy atom. The van der Waals surface area contributed by atoms with Gasteiger partial charge >= 0.3 is 181 Å². The quantitative estimate of drug-likeness (QED) is 0.0632. The molecule has 0 radical (unpaired) electrons. The summed E-state index contributed by atoms with van der Waals surface area (Å²) < 4.78 is -1.48. The maximum absolute atomic E-state index is 3.11. The molecule has 0 heterocycles. The minimum atomic E-state index is -1.48.